The number of amides is 1. The van der Waals surface area contributed by atoms with Crippen LogP contribution in [-0.4, -0.2) is 23.4 Å². The lowest BCUT2D eigenvalue weighted by molar-refractivity contribution is 0.0635. The van der Waals surface area contributed by atoms with Gasteiger partial charge in [0.25, 0.3) is 5.56 Å². The third-order valence-corrected chi connectivity index (χ3v) is 5.98. The number of carbonyl (C=O) groups excluding carboxylic acids is 1. The zero-order valence-corrected chi connectivity index (χ0v) is 19.9. The fraction of sp³-hybridized carbons (Fsp3) is 0.231. The van der Waals surface area contributed by atoms with Gasteiger partial charge in [-0.05, 0) is 55.5 Å². The first-order valence-corrected chi connectivity index (χ1v) is 11.5. The van der Waals surface area contributed by atoms with Crippen LogP contribution in [0.15, 0.2) is 70.8 Å². The number of ether oxygens (including phenoxy) is 2. The van der Waals surface area contributed by atoms with Crippen molar-refractivity contribution in [2.24, 2.45) is 0 Å². The third-order valence-electron chi connectivity index (χ3n) is 5.06. The minimum atomic E-state index is -0.688. The summed E-state index contributed by atoms with van der Waals surface area (Å²) in [5.41, 5.74) is 2.54. The van der Waals surface area contributed by atoms with Crippen molar-refractivity contribution in [3.05, 3.63) is 82.0 Å². The molecular formula is C26H26N2O4S. The first-order chi connectivity index (χ1) is 15.8. The van der Waals surface area contributed by atoms with Crippen LogP contribution < -0.4 is 15.6 Å². The summed E-state index contributed by atoms with van der Waals surface area (Å²) < 4.78 is 13.3. The van der Waals surface area contributed by atoms with E-state index < -0.39 is 11.7 Å². The van der Waals surface area contributed by atoms with E-state index in [-0.39, 0.29) is 11.2 Å². The molecule has 0 aliphatic carbocycles. The molecule has 2 aromatic heterocycles. The number of hydrogen-bond acceptors (Lipinski definition) is 5. The first-order valence-electron chi connectivity index (χ1n) is 10.6. The molecule has 33 heavy (non-hydrogen) atoms. The van der Waals surface area contributed by atoms with Gasteiger partial charge in [-0.15, -0.1) is 11.3 Å². The van der Waals surface area contributed by atoms with Gasteiger partial charge in [-0.3, -0.25) is 10.1 Å². The SMILES string of the molecule is COc1ccc(Cn2c(=O)c(NC(=O)OC(C)(C)C)c(-c3ccccc3)c3sccc32)cc1. The Hall–Kier alpha value is -3.58. The summed E-state index contributed by atoms with van der Waals surface area (Å²) >= 11 is 1.53. The van der Waals surface area contributed by atoms with Gasteiger partial charge in [0.05, 0.1) is 23.9 Å². The van der Waals surface area contributed by atoms with Crippen LogP contribution in [0.5, 0.6) is 5.75 Å². The number of pyridine rings is 1. The maximum Gasteiger partial charge on any atom is 0.412 e. The van der Waals surface area contributed by atoms with Gasteiger partial charge in [0.15, 0.2) is 0 Å². The molecule has 2 heterocycles. The van der Waals surface area contributed by atoms with Crippen molar-refractivity contribution in [1.29, 1.82) is 0 Å². The number of anilines is 1. The summed E-state index contributed by atoms with van der Waals surface area (Å²) in [4.78, 5) is 26.5. The number of fused-ring (bicyclic) bond motifs is 1. The van der Waals surface area contributed by atoms with E-state index in [0.717, 1.165) is 27.1 Å². The number of nitrogens with one attached hydrogen (secondary N) is 1. The molecule has 2 aromatic carbocycles. The zero-order valence-electron chi connectivity index (χ0n) is 19.0. The Kier molecular flexibility index (Phi) is 6.24. The van der Waals surface area contributed by atoms with Crippen LogP contribution in [0.25, 0.3) is 21.3 Å². The van der Waals surface area contributed by atoms with Gasteiger partial charge in [-0.2, -0.15) is 0 Å². The molecule has 0 radical (unpaired) electrons. The molecule has 0 bridgehead atoms. The van der Waals surface area contributed by atoms with E-state index in [9.17, 15) is 9.59 Å². The van der Waals surface area contributed by atoms with E-state index in [0.29, 0.717) is 12.1 Å². The Morgan fingerprint density at radius 1 is 1.03 bits per heavy atom. The molecule has 4 rings (SSSR count). The molecule has 170 valence electrons. The summed E-state index contributed by atoms with van der Waals surface area (Å²) in [7, 11) is 1.62. The van der Waals surface area contributed by atoms with Crippen LogP contribution in [0.1, 0.15) is 26.3 Å². The molecule has 7 heteroatoms. The predicted octanol–water partition coefficient (Wildman–Crippen LogP) is 6.13. The molecule has 1 N–H and O–H groups in total. The van der Waals surface area contributed by atoms with E-state index in [1.165, 1.54) is 11.3 Å². The zero-order chi connectivity index (χ0) is 23.6. The molecule has 0 aliphatic heterocycles. The Bertz CT molecular complexity index is 1330. The van der Waals surface area contributed by atoms with Gasteiger partial charge in [-0.25, -0.2) is 4.79 Å². The number of benzene rings is 2. The third kappa shape index (κ3) is 4.93. The minimum absolute atomic E-state index is 0.207. The molecule has 0 atom stereocenters. The normalized spacial score (nSPS) is 11.4. The van der Waals surface area contributed by atoms with Crippen molar-refractivity contribution in [2.45, 2.75) is 32.9 Å². The number of aromatic nitrogens is 1. The van der Waals surface area contributed by atoms with Crippen LogP contribution in [0.3, 0.4) is 0 Å². The quantitative estimate of drug-likeness (QED) is 0.387. The van der Waals surface area contributed by atoms with Crippen LogP contribution in [0.4, 0.5) is 10.5 Å². The van der Waals surface area contributed by atoms with Gasteiger partial charge in [0.2, 0.25) is 0 Å². The number of nitrogens with zero attached hydrogens (tertiary/aromatic N) is 1. The second-order valence-corrected chi connectivity index (χ2v) is 9.53. The lowest BCUT2D eigenvalue weighted by atomic mass is 10.0. The van der Waals surface area contributed by atoms with Crippen molar-refractivity contribution in [3.63, 3.8) is 0 Å². The topological polar surface area (TPSA) is 69.6 Å². The van der Waals surface area contributed by atoms with E-state index in [2.05, 4.69) is 5.32 Å². The highest BCUT2D eigenvalue weighted by atomic mass is 32.1. The van der Waals surface area contributed by atoms with Crippen molar-refractivity contribution in [1.82, 2.24) is 4.57 Å². The Labute approximate surface area is 196 Å². The van der Waals surface area contributed by atoms with Crippen LogP contribution in [0.2, 0.25) is 0 Å². The second kappa shape index (κ2) is 9.11. The highest BCUT2D eigenvalue weighted by molar-refractivity contribution is 7.17. The minimum Gasteiger partial charge on any atom is -0.497 e. The summed E-state index contributed by atoms with van der Waals surface area (Å²) in [6.07, 6.45) is -0.663. The van der Waals surface area contributed by atoms with Gasteiger partial charge in [-0.1, -0.05) is 42.5 Å². The van der Waals surface area contributed by atoms with Gasteiger partial charge >= 0.3 is 6.09 Å². The maximum absolute atomic E-state index is 13.8. The molecule has 6 nitrogen and oxygen atoms in total. The second-order valence-electron chi connectivity index (χ2n) is 8.62. The standard InChI is InChI=1S/C26H26N2O4S/c1-26(2,3)32-25(30)27-22-21(18-8-6-5-7-9-18)23-20(14-15-33-23)28(24(22)29)16-17-10-12-19(31-4)13-11-17/h5-15H,16H2,1-4H3,(H,27,30). The molecule has 0 unspecified atom stereocenters. The highest BCUT2D eigenvalue weighted by Crippen LogP contribution is 2.37. The van der Waals surface area contributed by atoms with Crippen molar-refractivity contribution in [2.75, 3.05) is 12.4 Å². The molecule has 0 saturated heterocycles. The fourth-order valence-electron chi connectivity index (χ4n) is 3.64. The lowest BCUT2D eigenvalue weighted by Gasteiger charge is -2.21. The number of hydrogen-bond donors (Lipinski definition) is 1. The molecule has 0 saturated carbocycles. The van der Waals surface area contributed by atoms with Crippen LogP contribution in [-0.2, 0) is 11.3 Å². The summed E-state index contributed by atoms with van der Waals surface area (Å²) in [6, 6.07) is 19.1. The number of methoxy groups -OCH3 is 1. The molecule has 1 amide bonds. The van der Waals surface area contributed by atoms with Crippen molar-refractivity contribution < 1.29 is 14.3 Å². The summed E-state index contributed by atoms with van der Waals surface area (Å²) in [5.74, 6) is 0.749. The fourth-order valence-corrected chi connectivity index (χ4v) is 4.61. The van der Waals surface area contributed by atoms with Gasteiger partial charge in [0.1, 0.15) is 17.0 Å². The van der Waals surface area contributed by atoms with Crippen LogP contribution in [0, 0.1) is 0 Å². The monoisotopic (exact) mass is 462 g/mol. The molecule has 4 aromatic rings. The number of carbonyl (C=O) groups is 1. The summed E-state index contributed by atoms with van der Waals surface area (Å²) in [5, 5.41) is 4.71. The van der Waals surface area contributed by atoms with Gasteiger partial charge in [0, 0.05) is 5.56 Å². The lowest BCUT2D eigenvalue weighted by Crippen LogP contribution is -2.31. The van der Waals surface area contributed by atoms with Gasteiger partial charge < -0.3 is 14.0 Å². The highest BCUT2D eigenvalue weighted by Gasteiger charge is 2.23. The average Bonchev–Trinajstić information content (AvgIpc) is 3.26. The number of rotatable bonds is 5. The van der Waals surface area contributed by atoms with Crippen molar-refractivity contribution >= 4 is 33.3 Å². The summed E-state index contributed by atoms with van der Waals surface area (Å²) in [6.45, 7) is 5.72. The van der Waals surface area contributed by atoms with E-state index in [1.807, 2.05) is 66.0 Å². The van der Waals surface area contributed by atoms with Crippen LogP contribution >= 0.6 is 11.3 Å². The maximum atomic E-state index is 13.8. The molecule has 0 aliphatic rings. The smallest absolute Gasteiger partial charge is 0.412 e. The Morgan fingerprint density at radius 2 is 1.73 bits per heavy atom. The molecule has 0 fully saturated rings. The van der Waals surface area contributed by atoms with E-state index in [1.54, 1.807) is 32.4 Å². The van der Waals surface area contributed by atoms with E-state index >= 15 is 0 Å². The predicted molar refractivity (Wildman–Crippen MR) is 133 cm³/mol. The first kappa shape index (κ1) is 22.6. The molecule has 0 spiro atoms. The Morgan fingerprint density at radius 3 is 2.36 bits per heavy atom. The molecular weight excluding hydrogens is 436 g/mol. The van der Waals surface area contributed by atoms with E-state index in [4.69, 9.17) is 9.47 Å². The average molecular weight is 463 g/mol. The largest absolute Gasteiger partial charge is 0.497 e. The Balaban J connectivity index is 1.89. The van der Waals surface area contributed by atoms with Crippen molar-refractivity contribution in [3.8, 4) is 16.9 Å². The number of thiophene rings is 1.